The summed E-state index contributed by atoms with van der Waals surface area (Å²) < 4.78 is 5.43. The van der Waals surface area contributed by atoms with Crippen molar-refractivity contribution in [2.45, 2.75) is 33.6 Å². The van der Waals surface area contributed by atoms with Crippen molar-refractivity contribution in [3.05, 3.63) is 59.7 Å². The first-order valence-corrected chi connectivity index (χ1v) is 8.07. The maximum absolute atomic E-state index is 5.43. The molecule has 2 aromatic carbocycles. The topological polar surface area (TPSA) is 21.6 Å². The van der Waals surface area contributed by atoms with E-state index in [1.54, 1.807) is 0 Å². The fraction of sp³-hybridized carbons (Fsp3) is 0.350. The van der Waals surface area contributed by atoms with Crippen molar-refractivity contribution < 1.29 is 4.74 Å². The summed E-state index contributed by atoms with van der Waals surface area (Å²) in [6, 6.07) is 16.5. The Morgan fingerprint density at radius 1 is 1.00 bits per heavy atom. The van der Waals surface area contributed by atoms with Crippen LogP contribution in [0.5, 0.6) is 5.75 Å². The highest BCUT2D eigenvalue weighted by Gasteiger charge is 2.00. The highest BCUT2D eigenvalue weighted by atomic mass is 16.5. The zero-order chi connectivity index (χ0) is 15.8. The van der Waals surface area contributed by atoms with Crippen LogP contribution >= 0.6 is 0 Å². The van der Waals surface area contributed by atoms with E-state index >= 15 is 0 Å². The number of nitrogens with zero attached hydrogens (tertiary/aromatic N) is 1. The third-order valence-electron chi connectivity index (χ3n) is 3.77. The van der Waals surface area contributed by atoms with Crippen LogP contribution in [0.4, 0.5) is 5.69 Å². The predicted molar refractivity (Wildman–Crippen MR) is 94.5 cm³/mol. The molecule has 0 spiro atoms. The van der Waals surface area contributed by atoms with E-state index in [9.17, 15) is 0 Å². The van der Waals surface area contributed by atoms with E-state index in [0.717, 1.165) is 29.3 Å². The van der Waals surface area contributed by atoms with Crippen molar-refractivity contribution in [3.8, 4) is 5.75 Å². The van der Waals surface area contributed by atoms with Crippen LogP contribution in [0.2, 0.25) is 0 Å². The van der Waals surface area contributed by atoms with Gasteiger partial charge in [-0.3, -0.25) is 4.99 Å². The quantitative estimate of drug-likeness (QED) is 0.625. The van der Waals surface area contributed by atoms with Gasteiger partial charge in [0.05, 0.1) is 12.3 Å². The lowest BCUT2D eigenvalue weighted by molar-refractivity contribution is 0.340. The molecule has 1 unspecified atom stereocenters. The second-order valence-electron chi connectivity index (χ2n) is 5.64. The molecule has 0 saturated carbocycles. The Morgan fingerprint density at radius 2 is 1.68 bits per heavy atom. The van der Waals surface area contributed by atoms with Gasteiger partial charge in [-0.2, -0.15) is 0 Å². The Balaban J connectivity index is 1.97. The van der Waals surface area contributed by atoms with Crippen LogP contribution in [-0.2, 0) is 6.42 Å². The summed E-state index contributed by atoms with van der Waals surface area (Å²) in [6.07, 6.45) is 4.25. The van der Waals surface area contributed by atoms with Crippen molar-refractivity contribution in [1.82, 2.24) is 0 Å². The first kappa shape index (κ1) is 16.3. The van der Waals surface area contributed by atoms with E-state index < -0.39 is 0 Å². The minimum Gasteiger partial charge on any atom is -0.494 e. The highest BCUT2D eigenvalue weighted by Crippen LogP contribution is 2.17. The molecule has 1 atom stereocenters. The van der Waals surface area contributed by atoms with Gasteiger partial charge in [0.25, 0.3) is 0 Å². The molecule has 0 heterocycles. The van der Waals surface area contributed by atoms with Gasteiger partial charge in [0, 0.05) is 6.21 Å². The molecule has 0 fully saturated rings. The summed E-state index contributed by atoms with van der Waals surface area (Å²) in [7, 11) is 0. The Labute approximate surface area is 133 Å². The van der Waals surface area contributed by atoms with Crippen molar-refractivity contribution in [3.63, 3.8) is 0 Å². The van der Waals surface area contributed by atoms with Gasteiger partial charge in [-0.25, -0.2) is 0 Å². The molecule has 22 heavy (non-hydrogen) atoms. The molecule has 2 aromatic rings. The summed E-state index contributed by atoms with van der Waals surface area (Å²) in [6.45, 7) is 7.20. The van der Waals surface area contributed by atoms with Gasteiger partial charge in [0.1, 0.15) is 5.75 Å². The van der Waals surface area contributed by atoms with E-state index in [1.165, 1.54) is 12.0 Å². The average Bonchev–Trinajstić information content (AvgIpc) is 2.56. The predicted octanol–water partition coefficient (Wildman–Crippen LogP) is 5.42. The minimum absolute atomic E-state index is 0.691. The number of ether oxygens (including phenoxy) is 1. The maximum Gasteiger partial charge on any atom is 0.119 e. The number of benzene rings is 2. The van der Waals surface area contributed by atoms with Crippen LogP contribution in [0.3, 0.4) is 0 Å². The molecule has 2 nitrogen and oxygen atoms in total. The van der Waals surface area contributed by atoms with Gasteiger partial charge in [0.2, 0.25) is 0 Å². The first-order chi connectivity index (χ1) is 10.7. The van der Waals surface area contributed by atoms with Crippen molar-refractivity contribution in [2.24, 2.45) is 10.9 Å². The van der Waals surface area contributed by atoms with Gasteiger partial charge in [-0.05, 0) is 66.8 Å². The number of hydrogen-bond donors (Lipinski definition) is 0. The largest absolute Gasteiger partial charge is 0.494 e. The number of aliphatic imine (C=N–C) groups is 1. The summed E-state index contributed by atoms with van der Waals surface area (Å²) >= 11 is 0. The van der Waals surface area contributed by atoms with Crippen LogP contribution < -0.4 is 4.74 Å². The Bertz CT molecular complexity index is 584. The van der Waals surface area contributed by atoms with Crippen molar-refractivity contribution in [1.29, 1.82) is 0 Å². The van der Waals surface area contributed by atoms with Gasteiger partial charge >= 0.3 is 0 Å². The van der Waals surface area contributed by atoms with Crippen LogP contribution in [0.25, 0.3) is 0 Å². The summed E-state index contributed by atoms with van der Waals surface area (Å²) in [5.41, 5.74) is 3.45. The van der Waals surface area contributed by atoms with Crippen molar-refractivity contribution in [2.75, 3.05) is 6.61 Å². The molecule has 0 aliphatic heterocycles. The summed E-state index contributed by atoms with van der Waals surface area (Å²) in [4.78, 5) is 4.53. The lowest BCUT2D eigenvalue weighted by Crippen LogP contribution is -1.96. The molecule has 0 N–H and O–H groups in total. The van der Waals surface area contributed by atoms with E-state index in [-0.39, 0.29) is 0 Å². The summed E-state index contributed by atoms with van der Waals surface area (Å²) in [5, 5.41) is 0. The standard InChI is InChI=1S/C20H25NO/c1-4-16(3)14-17-6-10-19(11-7-17)21-15-18-8-12-20(13-9-18)22-5-2/h6-13,15-16H,4-5,14H2,1-3H3/b21-15+. The van der Waals surface area contributed by atoms with Gasteiger partial charge < -0.3 is 4.74 Å². The molecule has 116 valence electrons. The Kier molecular flexibility index (Phi) is 6.20. The summed E-state index contributed by atoms with van der Waals surface area (Å²) in [5.74, 6) is 1.63. The van der Waals surface area contributed by atoms with Crippen LogP contribution in [-0.4, -0.2) is 12.8 Å². The molecular formula is C20H25NO. The van der Waals surface area contributed by atoms with E-state index in [1.807, 2.05) is 37.4 Å². The molecule has 0 amide bonds. The van der Waals surface area contributed by atoms with Crippen LogP contribution in [0.1, 0.15) is 38.3 Å². The molecule has 0 aliphatic rings. The fourth-order valence-electron chi connectivity index (χ4n) is 2.23. The van der Waals surface area contributed by atoms with Gasteiger partial charge in [-0.1, -0.05) is 32.4 Å². The lowest BCUT2D eigenvalue weighted by atomic mass is 9.99. The van der Waals surface area contributed by atoms with Gasteiger partial charge in [-0.15, -0.1) is 0 Å². The maximum atomic E-state index is 5.43. The minimum atomic E-state index is 0.691. The van der Waals surface area contributed by atoms with E-state index in [2.05, 4.69) is 43.1 Å². The smallest absolute Gasteiger partial charge is 0.119 e. The fourth-order valence-corrected chi connectivity index (χ4v) is 2.23. The molecular weight excluding hydrogens is 270 g/mol. The van der Waals surface area contributed by atoms with Crippen LogP contribution in [0.15, 0.2) is 53.5 Å². The zero-order valence-electron chi connectivity index (χ0n) is 13.8. The molecule has 0 radical (unpaired) electrons. The Morgan fingerprint density at radius 3 is 2.27 bits per heavy atom. The third-order valence-corrected chi connectivity index (χ3v) is 3.77. The van der Waals surface area contributed by atoms with Crippen LogP contribution in [0, 0.1) is 5.92 Å². The molecule has 0 aliphatic carbocycles. The van der Waals surface area contributed by atoms with E-state index in [0.29, 0.717) is 6.61 Å². The molecule has 0 bridgehead atoms. The monoisotopic (exact) mass is 295 g/mol. The molecule has 2 heteroatoms. The molecule has 2 rings (SSSR count). The van der Waals surface area contributed by atoms with E-state index in [4.69, 9.17) is 4.74 Å². The van der Waals surface area contributed by atoms with Gasteiger partial charge in [0.15, 0.2) is 0 Å². The highest BCUT2D eigenvalue weighted by molar-refractivity contribution is 5.82. The second kappa shape index (κ2) is 8.38. The number of hydrogen-bond acceptors (Lipinski definition) is 2. The normalized spacial score (nSPS) is 12.5. The SMILES string of the molecule is CCOc1ccc(/C=N/c2ccc(CC(C)CC)cc2)cc1. The second-order valence-corrected chi connectivity index (χ2v) is 5.64. The molecule has 0 saturated heterocycles. The first-order valence-electron chi connectivity index (χ1n) is 8.07. The Hall–Kier alpha value is -2.09. The third kappa shape index (κ3) is 5.03. The average molecular weight is 295 g/mol. The van der Waals surface area contributed by atoms with Crippen molar-refractivity contribution >= 4 is 11.9 Å². The zero-order valence-corrected chi connectivity index (χ0v) is 13.8. The number of rotatable bonds is 7. The molecule has 0 aromatic heterocycles. The lowest BCUT2D eigenvalue weighted by Gasteiger charge is -2.08.